The molecule has 0 N–H and O–H groups in total. The number of carbonyl (C=O) groups excluding carboxylic acids is 3. The van der Waals surface area contributed by atoms with E-state index in [1.54, 1.807) is 42.4 Å². The lowest BCUT2D eigenvalue weighted by atomic mass is 9.83. The van der Waals surface area contributed by atoms with Crippen LogP contribution < -0.4 is 0 Å². The molecule has 5 rings (SSSR count). The Kier molecular flexibility index (Phi) is 4.06. The summed E-state index contributed by atoms with van der Waals surface area (Å²) < 4.78 is 0. The third-order valence-corrected chi connectivity index (χ3v) is 6.44. The Labute approximate surface area is 172 Å². The zero-order valence-corrected chi connectivity index (χ0v) is 16.4. The number of amides is 2. The number of halogens is 1. The number of likely N-dealkylation sites (tertiary alicyclic amines) is 1. The van der Waals surface area contributed by atoms with Gasteiger partial charge in [-0.05, 0) is 30.2 Å². The Morgan fingerprint density at radius 3 is 2.48 bits per heavy atom. The number of benzene rings is 2. The van der Waals surface area contributed by atoms with E-state index >= 15 is 0 Å². The molecule has 2 saturated heterocycles. The van der Waals surface area contributed by atoms with Crippen molar-refractivity contribution in [1.29, 1.82) is 0 Å². The van der Waals surface area contributed by atoms with Gasteiger partial charge in [-0.15, -0.1) is 0 Å². The molecule has 0 aromatic heterocycles. The first-order valence-corrected chi connectivity index (χ1v) is 9.97. The van der Waals surface area contributed by atoms with Gasteiger partial charge < -0.3 is 0 Å². The molecule has 29 heavy (non-hydrogen) atoms. The van der Waals surface area contributed by atoms with Gasteiger partial charge >= 0.3 is 0 Å². The van der Waals surface area contributed by atoms with Gasteiger partial charge in [0.25, 0.3) is 0 Å². The molecule has 0 unspecified atom stereocenters. The highest BCUT2D eigenvalue weighted by molar-refractivity contribution is 6.34. The quantitative estimate of drug-likeness (QED) is 0.579. The fourth-order valence-electron chi connectivity index (χ4n) is 4.86. The third-order valence-electron chi connectivity index (χ3n) is 6.11. The minimum atomic E-state index is -0.873. The summed E-state index contributed by atoms with van der Waals surface area (Å²) in [4.78, 5) is 41.1. The summed E-state index contributed by atoms with van der Waals surface area (Å²) in [7, 11) is 0. The van der Waals surface area contributed by atoms with Gasteiger partial charge in [-0.1, -0.05) is 48.0 Å². The monoisotopic (exact) mass is 407 g/mol. The lowest BCUT2D eigenvalue weighted by Gasteiger charge is -2.33. The van der Waals surface area contributed by atoms with Crippen molar-refractivity contribution < 1.29 is 14.4 Å². The van der Waals surface area contributed by atoms with Crippen LogP contribution in [0, 0.1) is 11.8 Å². The minimum Gasteiger partial charge on any atom is -0.292 e. The Morgan fingerprint density at radius 2 is 1.72 bits per heavy atom. The van der Waals surface area contributed by atoms with Crippen molar-refractivity contribution in [2.24, 2.45) is 16.9 Å². The van der Waals surface area contributed by atoms with Gasteiger partial charge in [0.2, 0.25) is 11.8 Å². The van der Waals surface area contributed by atoms with E-state index in [4.69, 9.17) is 11.6 Å². The van der Waals surface area contributed by atoms with Crippen LogP contribution >= 0.6 is 11.6 Å². The summed E-state index contributed by atoms with van der Waals surface area (Å²) in [6.45, 7) is 2.06. The number of hydrogen-bond acceptors (Lipinski definition) is 5. The third kappa shape index (κ3) is 2.42. The number of imide groups is 1. The highest BCUT2D eigenvalue weighted by Gasteiger charge is 2.64. The summed E-state index contributed by atoms with van der Waals surface area (Å²) in [6.07, 6.45) is 1.69. The molecule has 0 aliphatic carbocycles. The number of rotatable bonds is 3. The van der Waals surface area contributed by atoms with Crippen LogP contribution in [0.25, 0.3) is 0 Å². The Hall–Kier alpha value is -2.99. The number of hydrogen-bond donors (Lipinski definition) is 0. The Bertz CT molecular complexity index is 1080. The van der Waals surface area contributed by atoms with Gasteiger partial charge in [0, 0.05) is 12.1 Å². The smallest absolute Gasteiger partial charge is 0.235 e. The number of Topliss-reactive ketones (excluding diaryl/α,β-unsaturated/α-hetero) is 1. The second-order valence-electron chi connectivity index (χ2n) is 7.46. The van der Waals surface area contributed by atoms with Crippen LogP contribution in [0.4, 0.5) is 0 Å². The minimum absolute atomic E-state index is 0.237. The molecule has 2 aromatic rings. The van der Waals surface area contributed by atoms with Crippen molar-refractivity contribution in [2.75, 3.05) is 6.54 Å². The molecule has 6 nitrogen and oxygen atoms in total. The molecular weight excluding hydrogens is 390 g/mol. The van der Waals surface area contributed by atoms with E-state index < -0.39 is 23.9 Å². The van der Waals surface area contributed by atoms with Crippen LogP contribution in [0.2, 0.25) is 5.02 Å². The van der Waals surface area contributed by atoms with Crippen LogP contribution in [0.1, 0.15) is 34.5 Å². The van der Waals surface area contributed by atoms with E-state index in [-0.39, 0.29) is 24.1 Å². The molecule has 2 fully saturated rings. The molecule has 3 aliphatic heterocycles. The molecule has 2 amide bonds. The maximum absolute atomic E-state index is 13.5. The normalized spacial score (nSPS) is 27.1. The molecule has 0 spiro atoms. The van der Waals surface area contributed by atoms with E-state index in [9.17, 15) is 14.4 Å². The topological polar surface area (TPSA) is 70.1 Å². The molecule has 7 heteroatoms. The molecular formula is C22H18ClN3O3. The van der Waals surface area contributed by atoms with Crippen LogP contribution in [0.3, 0.4) is 0 Å². The molecule has 0 radical (unpaired) electrons. The molecule has 3 aliphatic rings. The van der Waals surface area contributed by atoms with Gasteiger partial charge in [-0.3, -0.25) is 24.3 Å². The Balaban J connectivity index is 1.68. The number of ketones is 1. The van der Waals surface area contributed by atoms with Gasteiger partial charge in [0.1, 0.15) is 6.04 Å². The van der Waals surface area contributed by atoms with E-state index in [0.717, 1.165) is 11.1 Å². The summed E-state index contributed by atoms with van der Waals surface area (Å²) >= 11 is 6.28. The summed E-state index contributed by atoms with van der Waals surface area (Å²) in [5, 5.41) is 6.48. The van der Waals surface area contributed by atoms with E-state index in [0.29, 0.717) is 10.6 Å². The summed E-state index contributed by atoms with van der Waals surface area (Å²) in [6, 6.07) is 13.1. The van der Waals surface area contributed by atoms with Crippen LogP contribution in [0.5, 0.6) is 0 Å². The predicted octanol–water partition coefficient (Wildman–Crippen LogP) is 2.92. The van der Waals surface area contributed by atoms with Crippen molar-refractivity contribution in [3.05, 3.63) is 70.2 Å². The number of nitrogens with zero attached hydrogens (tertiary/aromatic N) is 3. The van der Waals surface area contributed by atoms with E-state index in [1.807, 2.05) is 24.3 Å². The van der Waals surface area contributed by atoms with Gasteiger partial charge in [-0.25, -0.2) is 0 Å². The second kappa shape index (κ2) is 6.52. The highest BCUT2D eigenvalue weighted by atomic mass is 35.5. The molecule has 4 atom stereocenters. The number of fused-ring (bicyclic) bond motifs is 5. The standard InChI is InChI=1S/C22H18ClN3O3/c1-2-25-21(28)16-17(22(25)29)19(20(27)14-9-5-6-10-15(14)23)26-18(16)13-8-4-3-7-12(13)11-24-26/h3-11,16-19H,2H2,1H3/t16-,17-,18+,19+/m1/s1. The fraction of sp³-hybridized carbons (Fsp3) is 0.273. The molecule has 2 aromatic carbocycles. The van der Waals surface area contributed by atoms with Gasteiger partial charge in [0.15, 0.2) is 5.78 Å². The van der Waals surface area contributed by atoms with Crippen molar-refractivity contribution in [3.8, 4) is 0 Å². The lowest BCUT2D eigenvalue weighted by molar-refractivity contribution is -0.141. The SMILES string of the molecule is CCN1C(=O)[C@@H]2[C@@H](C1=O)[C@@H]1c3ccccc3C=NN1[C@@H]2C(=O)c1ccccc1Cl. The van der Waals surface area contributed by atoms with Crippen molar-refractivity contribution in [2.45, 2.75) is 19.0 Å². The highest BCUT2D eigenvalue weighted by Crippen LogP contribution is 2.52. The van der Waals surface area contributed by atoms with Crippen LogP contribution in [-0.2, 0) is 9.59 Å². The number of carbonyl (C=O) groups is 3. The molecule has 146 valence electrons. The summed E-state index contributed by atoms with van der Waals surface area (Å²) in [5.74, 6) is -2.26. The molecule has 0 saturated carbocycles. The largest absolute Gasteiger partial charge is 0.292 e. The first-order chi connectivity index (χ1) is 14.0. The van der Waals surface area contributed by atoms with Crippen LogP contribution in [0.15, 0.2) is 53.6 Å². The van der Waals surface area contributed by atoms with Gasteiger partial charge in [-0.2, -0.15) is 5.10 Å². The zero-order valence-electron chi connectivity index (χ0n) is 15.7. The van der Waals surface area contributed by atoms with Crippen LogP contribution in [-0.4, -0.2) is 46.3 Å². The van der Waals surface area contributed by atoms with Gasteiger partial charge in [0.05, 0.1) is 29.1 Å². The average Bonchev–Trinajstić information content (AvgIpc) is 3.20. The molecule has 0 bridgehead atoms. The maximum Gasteiger partial charge on any atom is 0.235 e. The predicted molar refractivity (Wildman–Crippen MR) is 108 cm³/mol. The summed E-state index contributed by atoms with van der Waals surface area (Å²) in [5.41, 5.74) is 2.14. The average molecular weight is 408 g/mol. The van der Waals surface area contributed by atoms with E-state index in [1.165, 1.54) is 4.90 Å². The Morgan fingerprint density at radius 1 is 1.03 bits per heavy atom. The second-order valence-corrected chi connectivity index (χ2v) is 7.87. The zero-order chi connectivity index (χ0) is 20.3. The van der Waals surface area contributed by atoms with Crippen molar-refractivity contribution in [1.82, 2.24) is 9.91 Å². The maximum atomic E-state index is 13.5. The molecule has 3 heterocycles. The van der Waals surface area contributed by atoms with Crippen molar-refractivity contribution in [3.63, 3.8) is 0 Å². The van der Waals surface area contributed by atoms with Crippen molar-refractivity contribution >= 4 is 35.4 Å². The van der Waals surface area contributed by atoms with E-state index in [2.05, 4.69) is 5.10 Å². The fourth-order valence-corrected chi connectivity index (χ4v) is 5.09. The lowest BCUT2D eigenvalue weighted by Crippen LogP contribution is -2.44. The number of hydrazone groups is 1. The first kappa shape index (κ1) is 18.1. The first-order valence-electron chi connectivity index (χ1n) is 9.59.